The predicted octanol–water partition coefficient (Wildman–Crippen LogP) is 0.316. The second-order valence-corrected chi connectivity index (χ2v) is 2.38. The van der Waals surface area contributed by atoms with Gasteiger partial charge in [-0.1, -0.05) is 0 Å². The van der Waals surface area contributed by atoms with Crippen LogP contribution in [-0.4, -0.2) is 38.2 Å². The zero-order valence-electron chi connectivity index (χ0n) is 7.65. The molecule has 70 valence electrons. The highest BCUT2D eigenvalue weighted by molar-refractivity contribution is 5.88. The highest BCUT2D eigenvalue weighted by atomic mass is 16.5. The van der Waals surface area contributed by atoms with Crippen LogP contribution in [-0.2, 0) is 9.47 Å². The number of ether oxygens (including phenoxy) is 2. The third kappa shape index (κ3) is 2.12. The second kappa shape index (κ2) is 4.36. The Hall–Kier alpha value is -1.70. The van der Waals surface area contributed by atoms with Gasteiger partial charge in [0.05, 0.1) is 26.4 Å². The Labute approximate surface area is 76.9 Å². The summed E-state index contributed by atoms with van der Waals surface area (Å²) in [7, 11) is 3.09. The van der Waals surface area contributed by atoms with Crippen LogP contribution in [0.15, 0.2) is 17.0 Å². The Morgan fingerprint density at radius 3 is 2.92 bits per heavy atom. The monoisotopic (exact) mass is 181 g/mol. The van der Waals surface area contributed by atoms with Crippen LogP contribution in [0.2, 0.25) is 0 Å². The number of aliphatic imine (C=N–C) groups is 1. The van der Waals surface area contributed by atoms with E-state index in [1.807, 2.05) is 6.07 Å². The van der Waals surface area contributed by atoms with Crippen LogP contribution in [0.5, 0.6) is 0 Å². The molecule has 0 aromatic heterocycles. The standard InChI is InChI=1S/C8H11N3O2/c1-12-7-5-8(13-2)11(4-3-9)6-10-7/h5H,4,6H2,1-2H3. The van der Waals surface area contributed by atoms with Crippen LogP contribution in [0.3, 0.4) is 0 Å². The SMILES string of the molecule is COC1=CC(OC)=NCN1CC#N. The van der Waals surface area contributed by atoms with E-state index < -0.39 is 0 Å². The Kier molecular flexibility index (Phi) is 3.15. The van der Waals surface area contributed by atoms with Gasteiger partial charge in [-0.2, -0.15) is 5.26 Å². The number of hydrogen-bond donors (Lipinski definition) is 0. The molecule has 0 N–H and O–H groups in total. The minimum absolute atomic E-state index is 0.264. The van der Waals surface area contributed by atoms with Gasteiger partial charge in [0.2, 0.25) is 5.90 Å². The first-order chi connectivity index (χ1) is 6.31. The molecule has 5 nitrogen and oxygen atoms in total. The molecule has 0 aliphatic carbocycles. The van der Waals surface area contributed by atoms with E-state index in [1.165, 1.54) is 0 Å². The molecule has 13 heavy (non-hydrogen) atoms. The van der Waals surface area contributed by atoms with Crippen molar-refractivity contribution in [1.82, 2.24) is 4.90 Å². The van der Waals surface area contributed by atoms with Crippen molar-refractivity contribution in [2.24, 2.45) is 4.99 Å². The van der Waals surface area contributed by atoms with Crippen LogP contribution in [0.1, 0.15) is 0 Å². The van der Waals surface area contributed by atoms with Crippen molar-refractivity contribution in [3.8, 4) is 6.07 Å². The van der Waals surface area contributed by atoms with E-state index in [2.05, 4.69) is 4.99 Å². The lowest BCUT2D eigenvalue weighted by atomic mass is 10.4. The molecule has 0 saturated heterocycles. The van der Waals surface area contributed by atoms with Crippen LogP contribution < -0.4 is 0 Å². The third-order valence-electron chi connectivity index (χ3n) is 1.64. The van der Waals surface area contributed by atoms with Crippen LogP contribution in [0.4, 0.5) is 0 Å². The van der Waals surface area contributed by atoms with Gasteiger partial charge in [0.25, 0.3) is 0 Å². The summed E-state index contributed by atoms with van der Waals surface area (Å²) in [5.74, 6) is 1.12. The smallest absolute Gasteiger partial charge is 0.215 e. The van der Waals surface area contributed by atoms with Crippen molar-refractivity contribution >= 4 is 5.90 Å². The molecule has 0 atom stereocenters. The summed E-state index contributed by atoms with van der Waals surface area (Å²) < 4.78 is 10.00. The average molecular weight is 181 g/mol. The average Bonchev–Trinajstić information content (AvgIpc) is 2.19. The maximum absolute atomic E-state index is 8.50. The van der Waals surface area contributed by atoms with Gasteiger partial charge in [-0.3, -0.25) is 0 Å². The molecule has 0 amide bonds. The van der Waals surface area contributed by atoms with Crippen molar-refractivity contribution in [1.29, 1.82) is 5.26 Å². The zero-order chi connectivity index (χ0) is 9.68. The molecule has 0 aromatic rings. The molecule has 0 spiro atoms. The molecule has 1 rings (SSSR count). The van der Waals surface area contributed by atoms with Gasteiger partial charge in [-0.15, -0.1) is 0 Å². The number of rotatable bonds is 2. The second-order valence-electron chi connectivity index (χ2n) is 2.38. The Morgan fingerprint density at radius 2 is 2.38 bits per heavy atom. The zero-order valence-corrected chi connectivity index (χ0v) is 7.65. The van der Waals surface area contributed by atoms with Gasteiger partial charge < -0.3 is 14.4 Å². The summed E-state index contributed by atoms with van der Waals surface area (Å²) in [6.45, 7) is 0.663. The van der Waals surface area contributed by atoms with Crippen LogP contribution in [0.25, 0.3) is 0 Å². The molecule has 1 aliphatic heterocycles. The van der Waals surface area contributed by atoms with Gasteiger partial charge in [-0.05, 0) is 0 Å². The van der Waals surface area contributed by atoms with Crippen molar-refractivity contribution in [3.63, 3.8) is 0 Å². The largest absolute Gasteiger partial charge is 0.482 e. The summed E-state index contributed by atoms with van der Waals surface area (Å²) in [5.41, 5.74) is 0. The lowest BCUT2D eigenvalue weighted by Crippen LogP contribution is -2.29. The van der Waals surface area contributed by atoms with Gasteiger partial charge in [0.1, 0.15) is 13.2 Å². The maximum Gasteiger partial charge on any atom is 0.215 e. The highest BCUT2D eigenvalue weighted by Gasteiger charge is 2.15. The first kappa shape index (κ1) is 9.39. The fourth-order valence-corrected chi connectivity index (χ4v) is 0.992. The van der Waals surface area contributed by atoms with Gasteiger partial charge >= 0.3 is 0 Å². The topological polar surface area (TPSA) is 57.9 Å². The highest BCUT2D eigenvalue weighted by Crippen LogP contribution is 2.10. The molecular formula is C8H11N3O2. The first-order valence-electron chi connectivity index (χ1n) is 3.78. The van der Waals surface area contributed by atoms with E-state index in [1.54, 1.807) is 25.2 Å². The van der Waals surface area contributed by atoms with E-state index in [0.29, 0.717) is 18.4 Å². The lowest BCUT2D eigenvalue weighted by molar-refractivity contribution is 0.161. The van der Waals surface area contributed by atoms with Crippen LogP contribution >= 0.6 is 0 Å². The minimum Gasteiger partial charge on any atom is -0.482 e. The van der Waals surface area contributed by atoms with E-state index in [-0.39, 0.29) is 6.54 Å². The van der Waals surface area contributed by atoms with E-state index in [0.717, 1.165) is 0 Å². The Balaban J connectivity index is 2.72. The molecule has 0 fully saturated rings. The van der Waals surface area contributed by atoms with Gasteiger partial charge in [0.15, 0.2) is 5.88 Å². The number of hydrogen-bond acceptors (Lipinski definition) is 5. The number of nitrogens with zero attached hydrogens (tertiary/aromatic N) is 3. The summed E-state index contributed by atoms with van der Waals surface area (Å²) in [5, 5.41) is 8.50. The molecule has 0 unspecified atom stereocenters. The third-order valence-corrected chi connectivity index (χ3v) is 1.64. The summed E-state index contributed by atoms with van der Waals surface area (Å²) in [6, 6.07) is 2.03. The summed E-state index contributed by atoms with van der Waals surface area (Å²) in [4.78, 5) is 5.77. The molecule has 0 aromatic carbocycles. The van der Waals surface area contributed by atoms with Crippen molar-refractivity contribution in [2.75, 3.05) is 27.4 Å². The molecule has 5 heteroatoms. The molecule has 1 heterocycles. The molecule has 1 aliphatic rings. The van der Waals surface area contributed by atoms with Gasteiger partial charge in [0, 0.05) is 0 Å². The van der Waals surface area contributed by atoms with Crippen molar-refractivity contribution in [3.05, 3.63) is 12.0 Å². The summed E-state index contributed by atoms with van der Waals surface area (Å²) >= 11 is 0. The van der Waals surface area contributed by atoms with Gasteiger partial charge in [-0.25, -0.2) is 4.99 Å². The number of nitriles is 1. The fraction of sp³-hybridized carbons (Fsp3) is 0.500. The molecule has 0 bridgehead atoms. The molecular weight excluding hydrogens is 170 g/mol. The quantitative estimate of drug-likeness (QED) is 0.575. The maximum atomic E-state index is 8.50. The van der Waals surface area contributed by atoms with Crippen molar-refractivity contribution < 1.29 is 9.47 Å². The van der Waals surface area contributed by atoms with E-state index >= 15 is 0 Å². The normalized spacial score (nSPS) is 15.6. The molecule has 0 saturated carbocycles. The predicted molar refractivity (Wildman–Crippen MR) is 46.7 cm³/mol. The van der Waals surface area contributed by atoms with E-state index in [9.17, 15) is 0 Å². The summed E-state index contributed by atoms with van der Waals surface area (Å²) in [6.07, 6.45) is 1.65. The minimum atomic E-state index is 0.264. The Bertz CT molecular complexity index is 278. The van der Waals surface area contributed by atoms with Crippen LogP contribution in [0, 0.1) is 11.3 Å². The number of methoxy groups -OCH3 is 2. The lowest BCUT2D eigenvalue weighted by Gasteiger charge is -2.24. The Morgan fingerprint density at radius 1 is 1.62 bits per heavy atom. The van der Waals surface area contributed by atoms with Crippen molar-refractivity contribution in [2.45, 2.75) is 0 Å². The van der Waals surface area contributed by atoms with E-state index in [4.69, 9.17) is 14.7 Å². The fourth-order valence-electron chi connectivity index (χ4n) is 0.992. The molecule has 0 radical (unpaired) electrons. The first-order valence-corrected chi connectivity index (χ1v) is 3.78.